The average Bonchev–Trinajstić information content (AvgIpc) is 2.64. The SMILES string of the molecule is CC1CCCCCN1CCC(N)c1cccc(F)c1F. The van der Waals surface area contributed by atoms with Gasteiger partial charge in [0.05, 0.1) is 0 Å². The van der Waals surface area contributed by atoms with Crippen molar-refractivity contribution >= 4 is 0 Å². The lowest BCUT2D eigenvalue weighted by Gasteiger charge is -2.28. The number of likely N-dealkylation sites (tertiary alicyclic amines) is 1. The number of benzene rings is 1. The predicted molar refractivity (Wildman–Crippen MR) is 77.4 cm³/mol. The summed E-state index contributed by atoms with van der Waals surface area (Å²) in [5.74, 6) is -1.62. The maximum atomic E-state index is 13.7. The van der Waals surface area contributed by atoms with Crippen molar-refractivity contribution < 1.29 is 8.78 Å². The van der Waals surface area contributed by atoms with Crippen molar-refractivity contribution in [3.05, 3.63) is 35.4 Å². The third-order valence-corrected chi connectivity index (χ3v) is 4.30. The first kappa shape index (κ1) is 15.4. The zero-order chi connectivity index (χ0) is 14.5. The molecule has 0 aliphatic carbocycles. The van der Waals surface area contributed by atoms with Crippen LogP contribution in [0.1, 0.15) is 50.6 Å². The van der Waals surface area contributed by atoms with Crippen LogP contribution in [0.15, 0.2) is 18.2 Å². The molecule has 1 fully saturated rings. The summed E-state index contributed by atoms with van der Waals surface area (Å²) in [7, 11) is 0. The van der Waals surface area contributed by atoms with Crippen molar-refractivity contribution in [1.82, 2.24) is 4.90 Å². The average molecular weight is 282 g/mol. The van der Waals surface area contributed by atoms with Gasteiger partial charge in [-0.25, -0.2) is 8.78 Å². The van der Waals surface area contributed by atoms with E-state index in [9.17, 15) is 8.78 Å². The van der Waals surface area contributed by atoms with E-state index in [0.29, 0.717) is 12.5 Å². The Labute approximate surface area is 120 Å². The molecule has 20 heavy (non-hydrogen) atoms. The summed E-state index contributed by atoms with van der Waals surface area (Å²) in [4.78, 5) is 2.42. The standard InChI is InChI=1S/C16H24F2N2/c1-12-6-3-2-4-10-20(12)11-9-15(19)13-7-5-8-14(17)16(13)18/h5,7-8,12,15H,2-4,6,9-11,19H2,1H3. The Kier molecular flexibility index (Phi) is 5.49. The molecule has 1 heterocycles. The van der Waals surface area contributed by atoms with Crippen LogP contribution in [0.3, 0.4) is 0 Å². The smallest absolute Gasteiger partial charge is 0.163 e. The fourth-order valence-electron chi connectivity index (χ4n) is 2.93. The number of hydrogen-bond donors (Lipinski definition) is 1. The third kappa shape index (κ3) is 3.76. The number of rotatable bonds is 4. The molecule has 1 aliphatic rings. The van der Waals surface area contributed by atoms with E-state index in [1.54, 1.807) is 6.07 Å². The zero-order valence-electron chi connectivity index (χ0n) is 12.1. The van der Waals surface area contributed by atoms with E-state index in [2.05, 4.69) is 11.8 Å². The van der Waals surface area contributed by atoms with Gasteiger partial charge >= 0.3 is 0 Å². The summed E-state index contributed by atoms with van der Waals surface area (Å²) >= 11 is 0. The Hall–Kier alpha value is -1.00. The van der Waals surface area contributed by atoms with Crippen molar-refractivity contribution in [2.24, 2.45) is 5.73 Å². The molecule has 0 aromatic heterocycles. The summed E-state index contributed by atoms with van der Waals surface area (Å²) in [6.07, 6.45) is 5.65. The minimum atomic E-state index is -0.818. The van der Waals surface area contributed by atoms with Crippen molar-refractivity contribution in [3.63, 3.8) is 0 Å². The van der Waals surface area contributed by atoms with E-state index in [1.165, 1.54) is 31.7 Å². The molecule has 2 N–H and O–H groups in total. The number of nitrogens with two attached hydrogens (primary N) is 1. The van der Waals surface area contributed by atoms with Gasteiger partial charge in [-0.05, 0) is 38.8 Å². The largest absolute Gasteiger partial charge is 0.324 e. The normalized spacial score (nSPS) is 22.5. The van der Waals surface area contributed by atoms with Gasteiger partial charge < -0.3 is 10.6 Å². The molecule has 0 bridgehead atoms. The van der Waals surface area contributed by atoms with Crippen molar-refractivity contribution in [2.45, 2.75) is 51.1 Å². The number of nitrogens with zero attached hydrogens (tertiary/aromatic N) is 1. The molecule has 112 valence electrons. The maximum Gasteiger partial charge on any atom is 0.163 e. The van der Waals surface area contributed by atoms with Crippen molar-refractivity contribution in [3.8, 4) is 0 Å². The molecule has 2 rings (SSSR count). The summed E-state index contributed by atoms with van der Waals surface area (Å²) in [5.41, 5.74) is 6.32. The maximum absolute atomic E-state index is 13.7. The minimum Gasteiger partial charge on any atom is -0.324 e. The number of halogens is 2. The predicted octanol–water partition coefficient (Wildman–Crippen LogP) is 3.62. The van der Waals surface area contributed by atoms with Gasteiger partial charge in [-0.3, -0.25) is 0 Å². The second-order valence-electron chi connectivity index (χ2n) is 5.77. The van der Waals surface area contributed by atoms with Crippen LogP contribution >= 0.6 is 0 Å². The highest BCUT2D eigenvalue weighted by molar-refractivity contribution is 5.22. The third-order valence-electron chi connectivity index (χ3n) is 4.30. The monoisotopic (exact) mass is 282 g/mol. The lowest BCUT2D eigenvalue weighted by molar-refractivity contribution is 0.205. The fourth-order valence-corrected chi connectivity index (χ4v) is 2.93. The van der Waals surface area contributed by atoms with E-state index < -0.39 is 17.7 Å². The minimum absolute atomic E-state index is 0.285. The molecule has 0 spiro atoms. The first-order valence-electron chi connectivity index (χ1n) is 7.53. The van der Waals surface area contributed by atoms with Gasteiger partial charge in [0.2, 0.25) is 0 Å². The molecule has 4 heteroatoms. The van der Waals surface area contributed by atoms with E-state index >= 15 is 0 Å². The molecule has 0 amide bonds. The van der Waals surface area contributed by atoms with Gasteiger partial charge in [0.1, 0.15) is 0 Å². The molecule has 1 aromatic rings. The summed E-state index contributed by atoms with van der Waals surface area (Å²) in [6.45, 7) is 4.16. The van der Waals surface area contributed by atoms with E-state index in [1.807, 2.05) is 0 Å². The second kappa shape index (κ2) is 7.14. The Bertz CT molecular complexity index is 436. The second-order valence-corrected chi connectivity index (χ2v) is 5.77. The summed E-state index contributed by atoms with van der Waals surface area (Å²) in [5, 5.41) is 0. The molecule has 2 nitrogen and oxygen atoms in total. The van der Waals surface area contributed by atoms with E-state index in [-0.39, 0.29) is 5.56 Å². The molecule has 0 radical (unpaired) electrons. The van der Waals surface area contributed by atoms with Crippen LogP contribution in [0, 0.1) is 11.6 Å². The molecule has 1 aliphatic heterocycles. The molecular formula is C16H24F2N2. The van der Waals surface area contributed by atoms with Gasteiger partial charge in [-0.15, -0.1) is 0 Å². The van der Waals surface area contributed by atoms with E-state index in [4.69, 9.17) is 5.73 Å². The fraction of sp³-hybridized carbons (Fsp3) is 0.625. The summed E-state index contributed by atoms with van der Waals surface area (Å²) < 4.78 is 26.9. The van der Waals surface area contributed by atoms with Gasteiger partial charge in [0, 0.05) is 24.2 Å². The van der Waals surface area contributed by atoms with Crippen LogP contribution in [-0.4, -0.2) is 24.0 Å². The van der Waals surface area contributed by atoms with Crippen molar-refractivity contribution in [1.29, 1.82) is 0 Å². The van der Waals surface area contributed by atoms with Crippen LogP contribution < -0.4 is 5.73 Å². The Morgan fingerprint density at radius 1 is 1.30 bits per heavy atom. The molecule has 1 saturated heterocycles. The topological polar surface area (TPSA) is 29.3 Å². The lowest BCUT2D eigenvalue weighted by atomic mass is 10.0. The lowest BCUT2D eigenvalue weighted by Crippen LogP contribution is -2.35. The Balaban J connectivity index is 1.94. The summed E-state index contributed by atoms with van der Waals surface area (Å²) in [6, 6.07) is 4.34. The van der Waals surface area contributed by atoms with Crippen LogP contribution in [0.25, 0.3) is 0 Å². The highest BCUT2D eigenvalue weighted by Gasteiger charge is 2.19. The van der Waals surface area contributed by atoms with Gasteiger partial charge in [0.25, 0.3) is 0 Å². The van der Waals surface area contributed by atoms with Gasteiger partial charge in [0.15, 0.2) is 11.6 Å². The van der Waals surface area contributed by atoms with Crippen LogP contribution in [0.5, 0.6) is 0 Å². The highest BCUT2D eigenvalue weighted by atomic mass is 19.2. The first-order valence-corrected chi connectivity index (χ1v) is 7.53. The van der Waals surface area contributed by atoms with Crippen LogP contribution in [0.2, 0.25) is 0 Å². The van der Waals surface area contributed by atoms with Gasteiger partial charge in [-0.1, -0.05) is 25.0 Å². The zero-order valence-corrected chi connectivity index (χ0v) is 12.1. The number of hydrogen-bond acceptors (Lipinski definition) is 2. The Morgan fingerprint density at radius 3 is 2.90 bits per heavy atom. The highest BCUT2D eigenvalue weighted by Crippen LogP contribution is 2.22. The first-order chi connectivity index (χ1) is 9.59. The van der Waals surface area contributed by atoms with Crippen LogP contribution in [0.4, 0.5) is 8.78 Å². The quantitative estimate of drug-likeness (QED) is 0.914. The molecular weight excluding hydrogens is 258 g/mol. The molecule has 1 aromatic carbocycles. The van der Waals surface area contributed by atoms with Crippen molar-refractivity contribution in [2.75, 3.05) is 13.1 Å². The van der Waals surface area contributed by atoms with Crippen LogP contribution in [-0.2, 0) is 0 Å². The molecule has 2 unspecified atom stereocenters. The van der Waals surface area contributed by atoms with E-state index in [0.717, 1.165) is 19.2 Å². The van der Waals surface area contributed by atoms with Gasteiger partial charge in [-0.2, -0.15) is 0 Å². The Morgan fingerprint density at radius 2 is 2.10 bits per heavy atom. The molecule has 2 atom stereocenters. The molecule has 0 saturated carbocycles.